The molecule has 0 aliphatic carbocycles. The zero-order valence-electron chi connectivity index (χ0n) is 9.73. The number of rotatable bonds is 6. The third kappa shape index (κ3) is 4.18. The topological polar surface area (TPSA) is 57.9 Å². The van der Waals surface area contributed by atoms with Gasteiger partial charge in [-0.3, -0.25) is 0 Å². The van der Waals surface area contributed by atoms with Crippen molar-refractivity contribution in [3.05, 3.63) is 18.3 Å². The van der Waals surface area contributed by atoms with Crippen molar-refractivity contribution in [2.24, 2.45) is 0 Å². The van der Waals surface area contributed by atoms with Gasteiger partial charge in [-0.1, -0.05) is 0 Å². The highest BCUT2D eigenvalue weighted by Crippen LogP contribution is 2.21. The molecule has 0 aliphatic heterocycles. The highest BCUT2D eigenvalue weighted by atomic mass is 16.5. The van der Waals surface area contributed by atoms with E-state index >= 15 is 0 Å². The molecule has 0 radical (unpaired) electrons. The molecule has 0 saturated carbocycles. The van der Waals surface area contributed by atoms with Crippen molar-refractivity contribution >= 4 is 5.69 Å². The van der Waals surface area contributed by atoms with Crippen molar-refractivity contribution in [2.45, 2.75) is 32.8 Å². The van der Waals surface area contributed by atoms with Crippen LogP contribution in [-0.4, -0.2) is 17.6 Å². The number of pyridine rings is 1. The lowest BCUT2D eigenvalue weighted by atomic mass is 10.3. The Hall–Kier alpha value is -1.76. The zero-order valence-corrected chi connectivity index (χ0v) is 9.73. The third-order valence-electron chi connectivity index (χ3n) is 1.90. The van der Waals surface area contributed by atoms with E-state index in [0.29, 0.717) is 12.3 Å². The Morgan fingerprint density at radius 1 is 1.56 bits per heavy atom. The summed E-state index contributed by atoms with van der Waals surface area (Å²) < 4.78 is 5.56. The number of nitrogens with zero attached hydrogens (tertiary/aromatic N) is 2. The van der Waals surface area contributed by atoms with Gasteiger partial charge in [-0.25, -0.2) is 4.98 Å². The van der Waals surface area contributed by atoms with E-state index in [2.05, 4.69) is 16.4 Å². The SMILES string of the molecule is CC(C)Oc1ncccc1NCCCC#N. The fraction of sp³-hybridized carbons (Fsp3) is 0.500. The number of nitriles is 1. The summed E-state index contributed by atoms with van der Waals surface area (Å²) in [6.45, 7) is 4.69. The Balaban J connectivity index is 2.54. The number of hydrogen-bond donors (Lipinski definition) is 1. The van der Waals surface area contributed by atoms with Crippen molar-refractivity contribution in [1.29, 1.82) is 5.26 Å². The summed E-state index contributed by atoms with van der Waals surface area (Å²) in [5.74, 6) is 0.620. The van der Waals surface area contributed by atoms with E-state index in [-0.39, 0.29) is 6.10 Å². The molecule has 0 saturated heterocycles. The van der Waals surface area contributed by atoms with Crippen LogP contribution in [0.2, 0.25) is 0 Å². The zero-order chi connectivity index (χ0) is 11.8. The molecule has 0 spiro atoms. The Morgan fingerprint density at radius 3 is 3.06 bits per heavy atom. The number of ether oxygens (including phenoxy) is 1. The smallest absolute Gasteiger partial charge is 0.237 e. The summed E-state index contributed by atoms with van der Waals surface area (Å²) in [4.78, 5) is 4.17. The number of hydrogen-bond acceptors (Lipinski definition) is 4. The Labute approximate surface area is 96.3 Å². The fourth-order valence-corrected chi connectivity index (χ4v) is 1.23. The van der Waals surface area contributed by atoms with Crippen molar-refractivity contribution in [3.8, 4) is 11.9 Å². The molecular weight excluding hydrogens is 202 g/mol. The van der Waals surface area contributed by atoms with Gasteiger partial charge < -0.3 is 10.1 Å². The lowest BCUT2D eigenvalue weighted by Gasteiger charge is -2.13. The van der Waals surface area contributed by atoms with Crippen LogP contribution in [0.25, 0.3) is 0 Å². The molecule has 1 heterocycles. The van der Waals surface area contributed by atoms with E-state index in [4.69, 9.17) is 10.00 Å². The minimum atomic E-state index is 0.106. The van der Waals surface area contributed by atoms with Gasteiger partial charge in [-0.15, -0.1) is 0 Å². The van der Waals surface area contributed by atoms with E-state index in [1.807, 2.05) is 26.0 Å². The standard InChI is InChI=1S/C12H17N3O/c1-10(2)16-12-11(6-5-9-15-12)14-8-4-3-7-13/h5-6,9-10,14H,3-4,8H2,1-2H3. The molecule has 0 fully saturated rings. The van der Waals surface area contributed by atoms with Crippen LogP contribution in [0.3, 0.4) is 0 Å². The van der Waals surface area contributed by atoms with E-state index < -0.39 is 0 Å². The summed E-state index contributed by atoms with van der Waals surface area (Å²) in [6.07, 6.45) is 3.20. The Bertz CT molecular complexity index is 358. The van der Waals surface area contributed by atoms with E-state index in [1.165, 1.54) is 0 Å². The number of unbranched alkanes of at least 4 members (excludes halogenated alkanes) is 1. The minimum absolute atomic E-state index is 0.106. The van der Waals surface area contributed by atoms with Crippen LogP contribution in [0, 0.1) is 11.3 Å². The number of anilines is 1. The maximum atomic E-state index is 8.42. The monoisotopic (exact) mass is 219 g/mol. The second-order valence-electron chi connectivity index (χ2n) is 3.71. The first kappa shape index (κ1) is 12.3. The molecular formula is C12H17N3O. The maximum Gasteiger partial charge on any atom is 0.237 e. The van der Waals surface area contributed by atoms with Crippen LogP contribution in [0.4, 0.5) is 5.69 Å². The van der Waals surface area contributed by atoms with Gasteiger partial charge in [0.1, 0.15) is 0 Å². The first-order valence-corrected chi connectivity index (χ1v) is 5.46. The molecule has 1 aromatic heterocycles. The molecule has 86 valence electrons. The van der Waals surface area contributed by atoms with Gasteiger partial charge in [0.15, 0.2) is 0 Å². The molecule has 4 heteroatoms. The quantitative estimate of drug-likeness (QED) is 0.747. The summed E-state index contributed by atoms with van der Waals surface area (Å²) in [5.41, 5.74) is 0.883. The van der Waals surface area contributed by atoms with Gasteiger partial charge in [-0.2, -0.15) is 5.26 Å². The van der Waals surface area contributed by atoms with Gasteiger partial charge in [0.05, 0.1) is 17.9 Å². The van der Waals surface area contributed by atoms with Crippen molar-refractivity contribution in [3.63, 3.8) is 0 Å². The van der Waals surface area contributed by atoms with Crippen molar-refractivity contribution in [1.82, 2.24) is 4.98 Å². The molecule has 16 heavy (non-hydrogen) atoms. The van der Waals surface area contributed by atoms with Gasteiger partial charge in [0.25, 0.3) is 0 Å². The first-order valence-electron chi connectivity index (χ1n) is 5.46. The summed E-state index contributed by atoms with van der Waals surface area (Å²) in [5, 5.41) is 11.6. The van der Waals surface area contributed by atoms with Crippen LogP contribution in [0.5, 0.6) is 5.88 Å². The van der Waals surface area contributed by atoms with Crippen LogP contribution in [0.15, 0.2) is 18.3 Å². The molecule has 0 aromatic carbocycles. The molecule has 0 unspecified atom stereocenters. The second kappa shape index (κ2) is 6.67. The van der Waals surface area contributed by atoms with Crippen LogP contribution in [0.1, 0.15) is 26.7 Å². The molecule has 1 aromatic rings. The number of aromatic nitrogens is 1. The van der Waals surface area contributed by atoms with Gasteiger partial charge >= 0.3 is 0 Å². The number of nitrogens with one attached hydrogen (secondary N) is 1. The maximum absolute atomic E-state index is 8.42. The molecule has 1 rings (SSSR count). The fourth-order valence-electron chi connectivity index (χ4n) is 1.23. The molecule has 0 aliphatic rings. The minimum Gasteiger partial charge on any atom is -0.473 e. The average Bonchev–Trinajstić information content (AvgIpc) is 2.26. The first-order chi connectivity index (χ1) is 7.74. The molecule has 0 bridgehead atoms. The highest BCUT2D eigenvalue weighted by molar-refractivity contribution is 5.51. The molecule has 0 amide bonds. The summed E-state index contributed by atoms with van der Waals surface area (Å²) >= 11 is 0. The van der Waals surface area contributed by atoms with Crippen LogP contribution in [-0.2, 0) is 0 Å². The van der Waals surface area contributed by atoms with E-state index in [1.54, 1.807) is 6.20 Å². The molecule has 1 N–H and O–H groups in total. The lowest BCUT2D eigenvalue weighted by Crippen LogP contribution is -2.10. The Morgan fingerprint density at radius 2 is 2.38 bits per heavy atom. The van der Waals surface area contributed by atoms with Gasteiger partial charge in [0.2, 0.25) is 5.88 Å². The second-order valence-corrected chi connectivity index (χ2v) is 3.71. The lowest BCUT2D eigenvalue weighted by molar-refractivity contribution is 0.234. The van der Waals surface area contributed by atoms with Crippen LogP contribution >= 0.6 is 0 Å². The summed E-state index contributed by atoms with van der Waals surface area (Å²) in [6, 6.07) is 5.90. The third-order valence-corrected chi connectivity index (χ3v) is 1.90. The predicted octanol–water partition coefficient (Wildman–Crippen LogP) is 2.58. The van der Waals surface area contributed by atoms with Crippen LogP contribution < -0.4 is 10.1 Å². The van der Waals surface area contributed by atoms with Crippen molar-refractivity contribution < 1.29 is 4.74 Å². The average molecular weight is 219 g/mol. The molecule has 4 nitrogen and oxygen atoms in total. The van der Waals surface area contributed by atoms with E-state index in [0.717, 1.165) is 18.7 Å². The van der Waals surface area contributed by atoms with Gasteiger partial charge in [-0.05, 0) is 32.4 Å². The largest absolute Gasteiger partial charge is 0.473 e. The van der Waals surface area contributed by atoms with Crippen molar-refractivity contribution in [2.75, 3.05) is 11.9 Å². The predicted molar refractivity (Wildman–Crippen MR) is 63.3 cm³/mol. The molecule has 0 atom stereocenters. The normalized spacial score (nSPS) is 9.88. The summed E-state index contributed by atoms with van der Waals surface area (Å²) in [7, 11) is 0. The highest BCUT2D eigenvalue weighted by Gasteiger charge is 2.05. The van der Waals surface area contributed by atoms with Gasteiger partial charge in [0, 0.05) is 19.2 Å². The van der Waals surface area contributed by atoms with E-state index in [9.17, 15) is 0 Å². The Kier molecular flexibility index (Phi) is 5.13.